The molecule has 2 amide bonds. The Balaban J connectivity index is 2.03. The van der Waals surface area contributed by atoms with Crippen LogP contribution in [0.5, 0.6) is 0 Å². The van der Waals surface area contributed by atoms with E-state index < -0.39 is 0 Å². The average Bonchev–Trinajstić information content (AvgIpc) is 2.62. The van der Waals surface area contributed by atoms with Crippen LogP contribution < -0.4 is 5.32 Å². The van der Waals surface area contributed by atoms with Crippen molar-refractivity contribution in [2.45, 2.75) is 37.5 Å². The lowest BCUT2D eigenvalue weighted by molar-refractivity contribution is -0.129. The largest absolute Gasteiger partial charge is 0.339 e. The Kier molecular flexibility index (Phi) is 8.02. The first-order valence-electron chi connectivity index (χ1n) is 8.57. The van der Waals surface area contributed by atoms with Crippen molar-refractivity contribution >= 4 is 52.5 Å². The summed E-state index contributed by atoms with van der Waals surface area (Å²) in [6.07, 6.45) is 0. The molecule has 1 N–H and O–H groups in total. The summed E-state index contributed by atoms with van der Waals surface area (Å²) >= 11 is 13.5. The van der Waals surface area contributed by atoms with Gasteiger partial charge in [0.2, 0.25) is 11.8 Å². The fourth-order valence-corrected chi connectivity index (χ4v) is 3.88. The molecule has 0 aliphatic carbocycles. The molecule has 1 unspecified atom stereocenters. The van der Waals surface area contributed by atoms with E-state index in [-0.39, 0.29) is 17.1 Å². The fourth-order valence-electron chi connectivity index (χ4n) is 2.47. The molecule has 0 radical (unpaired) electrons. The maximum absolute atomic E-state index is 12.5. The van der Waals surface area contributed by atoms with E-state index in [1.54, 1.807) is 30.0 Å². The van der Waals surface area contributed by atoms with Gasteiger partial charge in [-0.1, -0.05) is 35.3 Å². The monoisotopic (exact) mass is 424 g/mol. The molecule has 0 aliphatic rings. The third-order valence-corrected chi connectivity index (χ3v) is 5.80. The Morgan fingerprint density at radius 3 is 2.59 bits per heavy atom. The standard InChI is InChI=1S/C20H22Cl2N2O2S/c1-4-24(14(3)25)12-15-6-5-7-17(10-15)23-20(26)13(2)27-19-11-16(21)8-9-18(19)22/h5-11,13H,4,12H2,1-3H3,(H,23,26). The molecule has 2 aromatic rings. The lowest BCUT2D eigenvalue weighted by Gasteiger charge is -2.19. The highest BCUT2D eigenvalue weighted by atomic mass is 35.5. The maximum atomic E-state index is 12.5. The number of benzene rings is 2. The smallest absolute Gasteiger partial charge is 0.237 e. The number of nitrogens with one attached hydrogen (secondary N) is 1. The Morgan fingerprint density at radius 2 is 1.93 bits per heavy atom. The van der Waals surface area contributed by atoms with Gasteiger partial charge in [0.05, 0.1) is 10.3 Å². The van der Waals surface area contributed by atoms with E-state index in [2.05, 4.69) is 5.32 Å². The zero-order chi connectivity index (χ0) is 20.0. The first-order chi connectivity index (χ1) is 12.8. The van der Waals surface area contributed by atoms with Crippen molar-refractivity contribution in [3.05, 3.63) is 58.1 Å². The molecule has 0 spiro atoms. The van der Waals surface area contributed by atoms with Crippen LogP contribution >= 0.6 is 35.0 Å². The number of nitrogens with zero attached hydrogens (tertiary/aromatic N) is 1. The van der Waals surface area contributed by atoms with Gasteiger partial charge in [-0.2, -0.15) is 0 Å². The van der Waals surface area contributed by atoms with E-state index in [0.29, 0.717) is 28.8 Å². The molecule has 0 saturated heterocycles. The minimum absolute atomic E-state index is 0.0235. The Bertz CT molecular complexity index is 829. The van der Waals surface area contributed by atoms with Crippen LogP contribution in [-0.4, -0.2) is 28.5 Å². The van der Waals surface area contributed by atoms with E-state index in [9.17, 15) is 9.59 Å². The van der Waals surface area contributed by atoms with Gasteiger partial charge in [0.25, 0.3) is 0 Å². The predicted molar refractivity (Wildman–Crippen MR) is 114 cm³/mol. The van der Waals surface area contributed by atoms with Crippen LogP contribution in [0.3, 0.4) is 0 Å². The maximum Gasteiger partial charge on any atom is 0.237 e. The minimum atomic E-state index is -0.353. The van der Waals surface area contributed by atoms with Gasteiger partial charge in [0.1, 0.15) is 0 Å². The van der Waals surface area contributed by atoms with Crippen LogP contribution in [0, 0.1) is 0 Å². The fraction of sp³-hybridized carbons (Fsp3) is 0.300. The third kappa shape index (κ3) is 6.45. The number of rotatable bonds is 7. The van der Waals surface area contributed by atoms with E-state index >= 15 is 0 Å². The lowest BCUT2D eigenvalue weighted by Crippen LogP contribution is -2.27. The summed E-state index contributed by atoms with van der Waals surface area (Å²) in [4.78, 5) is 26.6. The normalized spacial score (nSPS) is 11.7. The van der Waals surface area contributed by atoms with Gasteiger partial charge < -0.3 is 10.2 Å². The molecule has 1 atom stereocenters. The second-order valence-electron chi connectivity index (χ2n) is 6.06. The van der Waals surface area contributed by atoms with E-state index in [0.717, 1.165) is 10.5 Å². The zero-order valence-electron chi connectivity index (χ0n) is 15.5. The average molecular weight is 425 g/mol. The predicted octanol–water partition coefficient (Wildman–Crippen LogP) is 5.48. The summed E-state index contributed by atoms with van der Waals surface area (Å²) in [5, 5.41) is 3.71. The molecular weight excluding hydrogens is 403 g/mol. The molecule has 0 heterocycles. The molecule has 2 rings (SSSR count). The molecule has 27 heavy (non-hydrogen) atoms. The first kappa shape index (κ1) is 21.6. The van der Waals surface area contributed by atoms with Crippen molar-refractivity contribution in [2.24, 2.45) is 0 Å². The molecule has 0 bridgehead atoms. The summed E-state index contributed by atoms with van der Waals surface area (Å²) in [5.74, 6) is -0.109. The zero-order valence-corrected chi connectivity index (χ0v) is 17.8. The van der Waals surface area contributed by atoms with Crippen molar-refractivity contribution in [1.29, 1.82) is 0 Å². The Morgan fingerprint density at radius 1 is 1.19 bits per heavy atom. The molecule has 0 aromatic heterocycles. The van der Waals surface area contributed by atoms with Gasteiger partial charge in [0, 0.05) is 35.6 Å². The molecule has 0 aliphatic heterocycles. The number of carbonyl (C=O) groups excluding carboxylic acids is 2. The summed E-state index contributed by atoms with van der Waals surface area (Å²) in [7, 11) is 0. The van der Waals surface area contributed by atoms with Crippen molar-refractivity contribution in [3.8, 4) is 0 Å². The van der Waals surface area contributed by atoms with E-state index in [1.165, 1.54) is 11.8 Å². The number of thioether (sulfide) groups is 1. The lowest BCUT2D eigenvalue weighted by atomic mass is 10.2. The number of amides is 2. The summed E-state index contributed by atoms with van der Waals surface area (Å²) < 4.78 is 0. The van der Waals surface area contributed by atoms with Crippen molar-refractivity contribution in [3.63, 3.8) is 0 Å². The van der Waals surface area contributed by atoms with Gasteiger partial charge in [-0.3, -0.25) is 9.59 Å². The van der Waals surface area contributed by atoms with Crippen molar-refractivity contribution < 1.29 is 9.59 Å². The summed E-state index contributed by atoms with van der Waals surface area (Å²) in [6.45, 7) is 6.45. The van der Waals surface area contributed by atoms with Crippen molar-refractivity contribution in [1.82, 2.24) is 4.90 Å². The van der Waals surface area contributed by atoms with E-state index in [4.69, 9.17) is 23.2 Å². The van der Waals surface area contributed by atoms with Crippen LogP contribution in [0.25, 0.3) is 0 Å². The van der Waals surface area contributed by atoms with Crippen LogP contribution in [-0.2, 0) is 16.1 Å². The second-order valence-corrected chi connectivity index (χ2v) is 8.28. The second kappa shape index (κ2) is 10.0. The van der Waals surface area contributed by atoms with E-state index in [1.807, 2.05) is 38.1 Å². The van der Waals surface area contributed by atoms with Crippen LogP contribution in [0.15, 0.2) is 47.4 Å². The Labute approximate surface area is 174 Å². The molecule has 2 aromatic carbocycles. The number of carbonyl (C=O) groups is 2. The third-order valence-electron chi connectivity index (χ3n) is 3.96. The van der Waals surface area contributed by atoms with Crippen molar-refractivity contribution in [2.75, 3.05) is 11.9 Å². The molecule has 7 heteroatoms. The van der Waals surface area contributed by atoms with Gasteiger partial charge in [-0.15, -0.1) is 11.8 Å². The number of anilines is 1. The van der Waals surface area contributed by atoms with Gasteiger partial charge in [0.15, 0.2) is 0 Å². The highest BCUT2D eigenvalue weighted by Crippen LogP contribution is 2.33. The summed E-state index contributed by atoms with van der Waals surface area (Å²) in [6, 6.07) is 12.7. The topological polar surface area (TPSA) is 49.4 Å². The minimum Gasteiger partial charge on any atom is -0.339 e. The van der Waals surface area contributed by atoms with Gasteiger partial charge in [-0.25, -0.2) is 0 Å². The quantitative estimate of drug-likeness (QED) is 0.598. The van der Waals surface area contributed by atoms with Crippen LogP contribution in [0.4, 0.5) is 5.69 Å². The van der Waals surface area contributed by atoms with Crippen LogP contribution in [0.2, 0.25) is 10.0 Å². The number of hydrogen-bond acceptors (Lipinski definition) is 3. The Hall–Kier alpha value is -1.69. The van der Waals surface area contributed by atoms with Crippen LogP contribution in [0.1, 0.15) is 26.3 Å². The number of halogens is 2. The van der Waals surface area contributed by atoms with Gasteiger partial charge >= 0.3 is 0 Å². The highest BCUT2D eigenvalue weighted by Gasteiger charge is 2.17. The number of hydrogen-bond donors (Lipinski definition) is 1. The molecule has 0 saturated carbocycles. The molecule has 0 fully saturated rings. The SMILES string of the molecule is CCN(Cc1cccc(NC(=O)C(C)Sc2cc(Cl)ccc2Cl)c1)C(C)=O. The summed E-state index contributed by atoms with van der Waals surface area (Å²) in [5.41, 5.74) is 1.66. The highest BCUT2D eigenvalue weighted by molar-refractivity contribution is 8.00. The molecule has 144 valence electrons. The molecule has 4 nitrogen and oxygen atoms in total. The first-order valence-corrected chi connectivity index (χ1v) is 10.2. The van der Waals surface area contributed by atoms with Gasteiger partial charge in [-0.05, 0) is 49.7 Å². The molecular formula is C20H22Cl2N2O2S.